The van der Waals surface area contributed by atoms with Crippen LogP contribution in [0, 0.1) is 0 Å². The standard InChI is InChI=1S/C16H16F2N2O2/c17-16(18)6-3-8-20(9-7-16)13-10-11-4-1-2-5-12(11)19-14(13)15(21)22/h1-2,4-5,10H,3,6-9H2,(H,21,22). The molecule has 1 aromatic carbocycles. The Labute approximate surface area is 126 Å². The molecule has 0 amide bonds. The van der Waals surface area contributed by atoms with Crippen LogP contribution in [0.5, 0.6) is 0 Å². The fourth-order valence-electron chi connectivity index (χ4n) is 2.81. The van der Waals surface area contributed by atoms with E-state index in [-0.39, 0.29) is 25.1 Å². The molecule has 1 saturated heterocycles. The number of fused-ring (bicyclic) bond motifs is 1. The van der Waals surface area contributed by atoms with Crippen molar-refractivity contribution in [3.8, 4) is 0 Å². The van der Waals surface area contributed by atoms with Crippen molar-refractivity contribution in [2.75, 3.05) is 18.0 Å². The number of carboxylic acid groups (broad SMARTS) is 1. The highest BCUT2D eigenvalue weighted by atomic mass is 19.3. The number of nitrogens with zero attached hydrogens (tertiary/aromatic N) is 2. The van der Waals surface area contributed by atoms with Crippen LogP contribution in [0.25, 0.3) is 10.9 Å². The minimum Gasteiger partial charge on any atom is -0.476 e. The summed E-state index contributed by atoms with van der Waals surface area (Å²) < 4.78 is 27.0. The Bertz CT molecular complexity index is 718. The maximum absolute atomic E-state index is 13.5. The summed E-state index contributed by atoms with van der Waals surface area (Å²) in [6.07, 6.45) is -0.0926. The molecule has 1 aliphatic heterocycles. The topological polar surface area (TPSA) is 53.4 Å². The van der Waals surface area contributed by atoms with Crippen LogP contribution in [0.3, 0.4) is 0 Å². The van der Waals surface area contributed by atoms with E-state index < -0.39 is 11.9 Å². The normalized spacial score (nSPS) is 18.2. The van der Waals surface area contributed by atoms with Crippen molar-refractivity contribution < 1.29 is 18.7 Å². The molecule has 0 bridgehead atoms. The third-order valence-corrected chi connectivity index (χ3v) is 3.97. The van der Waals surface area contributed by atoms with E-state index in [4.69, 9.17) is 0 Å². The maximum atomic E-state index is 13.5. The first-order chi connectivity index (χ1) is 10.5. The molecular formula is C16H16F2N2O2. The second-order valence-electron chi connectivity index (χ2n) is 5.55. The number of pyridine rings is 1. The molecule has 6 heteroatoms. The van der Waals surface area contributed by atoms with E-state index in [1.54, 1.807) is 23.1 Å². The van der Waals surface area contributed by atoms with E-state index in [1.165, 1.54) is 0 Å². The molecule has 3 rings (SSSR count). The number of alkyl halides is 2. The molecule has 116 valence electrons. The number of carbonyl (C=O) groups is 1. The average molecular weight is 306 g/mol. The van der Waals surface area contributed by atoms with Gasteiger partial charge in [-0.05, 0) is 18.6 Å². The maximum Gasteiger partial charge on any atom is 0.356 e. The lowest BCUT2D eigenvalue weighted by molar-refractivity contribution is -0.0102. The summed E-state index contributed by atoms with van der Waals surface area (Å²) in [5.41, 5.74) is 0.927. The lowest BCUT2D eigenvalue weighted by Crippen LogP contribution is -2.28. The Morgan fingerprint density at radius 3 is 2.77 bits per heavy atom. The van der Waals surface area contributed by atoms with E-state index in [0.29, 0.717) is 24.2 Å². The Morgan fingerprint density at radius 2 is 2.00 bits per heavy atom. The van der Waals surface area contributed by atoms with Crippen LogP contribution in [0.2, 0.25) is 0 Å². The highest BCUT2D eigenvalue weighted by Gasteiger charge is 2.32. The highest BCUT2D eigenvalue weighted by molar-refractivity contribution is 5.97. The van der Waals surface area contributed by atoms with Gasteiger partial charge in [-0.1, -0.05) is 18.2 Å². The molecule has 0 aliphatic carbocycles. The first-order valence-corrected chi connectivity index (χ1v) is 7.22. The van der Waals surface area contributed by atoms with Gasteiger partial charge in [-0.15, -0.1) is 0 Å². The van der Waals surface area contributed by atoms with Gasteiger partial charge >= 0.3 is 5.97 Å². The Hall–Kier alpha value is -2.24. The molecular weight excluding hydrogens is 290 g/mol. The van der Waals surface area contributed by atoms with Crippen LogP contribution >= 0.6 is 0 Å². The summed E-state index contributed by atoms with van der Waals surface area (Å²) in [4.78, 5) is 17.4. The predicted octanol–water partition coefficient (Wildman–Crippen LogP) is 3.56. The minimum atomic E-state index is -2.68. The molecule has 2 heterocycles. The SMILES string of the molecule is O=C(O)c1nc2ccccc2cc1N1CCCC(F)(F)CC1. The average Bonchev–Trinajstić information content (AvgIpc) is 2.66. The number of aromatic nitrogens is 1. The number of carboxylic acids is 1. The van der Waals surface area contributed by atoms with Gasteiger partial charge in [0, 0.05) is 31.3 Å². The van der Waals surface area contributed by atoms with Gasteiger partial charge in [-0.2, -0.15) is 0 Å². The zero-order valence-corrected chi connectivity index (χ0v) is 11.9. The van der Waals surface area contributed by atoms with E-state index in [1.807, 2.05) is 12.1 Å². The fourth-order valence-corrected chi connectivity index (χ4v) is 2.81. The van der Waals surface area contributed by atoms with Crippen LogP contribution in [-0.4, -0.2) is 35.1 Å². The number of rotatable bonds is 2. The van der Waals surface area contributed by atoms with Gasteiger partial charge in [0.15, 0.2) is 5.69 Å². The second-order valence-corrected chi connectivity index (χ2v) is 5.55. The van der Waals surface area contributed by atoms with Crippen LogP contribution in [0.15, 0.2) is 30.3 Å². The van der Waals surface area contributed by atoms with Gasteiger partial charge in [-0.25, -0.2) is 18.6 Å². The molecule has 1 N–H and O–H groups in total. The minimum absolute atomic E-state index is 0.0797. The number of halogens is 2. The Morgan fingerprint density at radius 1 is 1.23 bits per heavy atom. The predicted molar refractivity (Wildman–Crippen MR) is 79.7 cm³/mol. The summed E-state index contributed by atoms with van der Waals surface area (Å²) in [6.45, 7) is 0.545. The molecule has 0 atom stereocenters. The van der Waals surface area contributed by atoms with Crippen molar-refractivity contribution in [2.45, 2.75) is 25.2 Å². The third kappa shape index (κ3) is 2.86. The summed E-state index contributed by atoms with van der Waals surface area (Å²) in [7, 11) is 0. The van der Waals surface area contributed by atoms with Crippen LogP contribution in [0.4, 0.5) is 14.5 Å². The van der Waals surface area contributed by atoms with Crippen LogP contribution < -0.4 is 4.90 Å². The van der Waals surface area contributed by atoms with E-state index in [0.717, 1.165) is 5.39 Å². The zero-order valence-electron chi connectivity index (χ0n) is 11.9. The number of hydrogen-bond acceptors (Lipinski definition) is 3. The lowest BCUT2D eigenvalue weighted by Gasteiger charge is -2.24. The molecule has 2 aromatic rings. The molecule has 22 heavy (non-hydrogen) atoms. The van der Waals surface area contributed by atoms with Crippen LogP contribution in [0.1, 0.15) is 29.8 Å². The summed E-state index contributed by atoms with van der Waals surface area (Å²) in [5, 5.41) is 10.2. The number of aromatic carboxylic acids is 1. The Balaban J connectivity index is 2.04. The van der Waals surface area contributed by atoms with Gasteiger partial charge < -0.3 is 10.0 Å². The highest BCUT2D eigenvalue weighted by Crippen LogP contribution is 2.32. The number of para-hydroxylation sites is 1. The molecule has 0 spiro atoms. The summed E-state index contributed by atoms with van der Waals surface area (Å²) in [6, 6.07) is 8.93. The molecule has 1 fully saturated rings. The van der Waals surface area contributed by atoms with Crippen molar-refractivity contribution in [3.05, 3.63) is 36.0 Å². The Kier molecular flexibility index (Phi) is 3.68. The van der Waals surface area contributed by atoms with Crippen molar-refractivity contribution in [1.29, 1.82) is 0 Å². The number of benzene rings is 1. The van der Waals surface area contributed by atoms with E-state index >= 15 is 0 Å². The summed E-state index contributed by atoms with van der Waals surface area (Å²) in [5.74, 6) is -3.82. The molecule has 1 aliphatic rings. The largest absolute Gasteiger partial charge is 0.476 e. The first kappa shape index (κ1) is 14.7. The van der Waals surface area contributed by atoms with Gasteiger partial charge in [0.1, 0.15) is 0 Å². The molecule has 1 aromatic heterocycles. The summed E-state index contributed by atoms with van der Waals surface area (Å²) >= 11 is 0. The lowest BCUT2D eigenvalue weighted by atomic mass is 10.1. The van der Waals surface area contributed by atoms with Crippen LogP contribution in [-0.2, 0) is 0 Å². The van der Waals surface area contributed by atoms with Crippen molar-refractivity contribution in [3.63, 3.8) is 0 Å². The molecule has 0 unspecified atom stereocenters. The fraction of sp³-hybridized carbons (Fsp3) is 0.375. The van der Waals surface area contributed by atoms with E-state index in [2.05, 4.69) is 4.98 Å². The van der Waals surface area contributed by atoms with Crippen molar-refractivity contribution in [2.24, 2.45) is 0 Å². The smallest absolute Gasteiger partial charge is 0.356 e. The van der Waals surface area contributed by atoms with Crippen molar-refractivity contribution >= 4 is 22.6 Å². The quantitative estimate of drug-likeness (QED) is 0.921. The van der Waals surface area contributed by atoms with Crippen molar-refractivity contribution in [1.82, 2.24) is 4.98 Å². The molecule has 0 radical (unpaired) electrons. The van der Waals surface area contributed by atoms with Gasteiger partial charge in [0.25, 0.3) is 0 Å². The zero-order chi connectivity index (χ0) is 15.7. The van der Waals surface area contributed by atoms with Gasteiger partial charge in [0.05, 0.1) is 11.2 Å². The van der Waals surface area contributed by atoms with E-state index in [9.17, 15) is 18.7 Å². The second kappa shape index (κ2) is 5.51. The number of hydrogen-bond donors (Lipinski definition) is 1. The number of anilines is 1. The van der Waals surface area contributed by atoms with Gasteiger partial charge in [-0.3, -0.25) is 0 Å². The molecule has 0 saturated carbocycles. The first-order valence-electron chi connectivity index (χ1n) is 7.22. The van der Waals surface area contributed by atoms with Gasteiger partial charge in [0.2, 0.25) is 5.92 Å². The monoisotopic (exact) mass is 306 g/mol. The molecule has 4 nitrogen and oxygen atoms in total. The third-order valence-electron chi connectivity index (χ3n) is 3.97.